The van der Waals surface area contributed by atoms with Gasteiger partial charge in [0.15, 0.2) is 0 Å². The van der Waals surface area contributed by atoms with Crippen LogP contribution < -0.4 is 15.6 Å². The Labute approximate surface area is 154 Å². The molecule has 1 aliphatic heterocycles. The van der Waals surface area contributed by atoms with E-state index in [4.69, 9.17) is 0 Å². The van der Waals surface area contributed by atoms with Crippen molar-refractivity contribution in [2.45, 2.75) is 25.9 Å². The SMILES string of the molecule is C[C@@H]1Cc2ccccc2N1C(=O)Cn1nc(C(=O)[O-])c2ccccc2c1=O. The Morgan fingerprint density at radius 3 is 2.52 bits per heavy atom. The molecule has 4 rings (SSSR count). The van der Waals surface area contributed by atoms with Crippen molar-refractivity contribution >= 4 is 28.3 Å². The molecular formula is C20H16N3O4-. The Balaban J connectivity index is 1.76. The van der Waals surface area contributed by atoms with Crippen LogP contribution in [0.2, 0.25) is 0 Å². The van der Waals surface area contributed by atoms with Crippen LogP contribution in [0.5, 0.6) is 0 Å². The van der Waals surface area contributed by atoms with E-state index in [1.54, 1.807) is 17.0 Å². The minimum Gasteiger partial charge on any atom is -0.543 e. The number of para-hydroxylation sites is 1. The third kappa shape index (κ3) is 2.77. The van der Waals surface area contributed by atoms with E-state index in [2.05, 4.69) is 5.10 Å². The number of aromatic nitrogens is 2. The van der Waals surface area contributed by atoms with Crippen molar-refractivity contribution in [3.63, 3.8) is 0 Å². The van der Waals surface area contributed by atoms with Crippen LogP contribution in [0.1, 0.15) is 23.0 Å². The number of hydrogen-bond donors (Lipinski definition) is 0. The summed E-state index contributed by atoms with van der Waals surface area (Å²) in [6.07, 6.45) is 0.728. The lowest BCUT2D eigenvalue weighted by molar-refractivity contribution is -0.255. The van der Waals surface area contributed by atoms with Gasteiger partial charge in [0.1, 0.15) is 12.2 Å². The van der Waals surface area contributed by atoms with Gasteiger partial charge in [0.2, 0.25) is 5.91 Å². The molecule has 1 amide bonds. The second-order valence-corrected chi connectivity index (χ2v) is 6.59. The first-order chi connectivity index (χ1) is 13.0. The van der Waals surface area contributed by atoms with E-state index >= 15 is 0 Å². The van der Waals surface area contributed by atoms with Gasteiger partial charge >= 0.3 is 0 Å². The summed E-state index contributed by atoms with van der Waals surface area (Å²) in [6.45, 7) is 1.59. The van der Waals surface area contributed by atoms with Gasteiger partial charge in [0, 0.05) is 17.1 Å². The summed E-state index contributed by atoms with van der Waals surface area (Å²) in [5, 5.41) is 15.7. The second kappa shape index (κ2) is 6.35. The highest BCUT2D eigenvalue weighted by Gasteiger charge is 2.31. The molecule has 0 bridgehead atoms. The van der Waals surface area contributed by atoms with Gasteiger partial charge in [-0.3, -0.25) is 9.59 Å². The number of carbonyl (C=O) groups is 2. The molecule has 136 valence electrons. The molecule has 0 spiro atoms. The van der Waals surface area contributed by atoms with Crippen molar-refractivity contribution in [1.29, 1.82) is 0 Å². The van der Waals surface area contributed by atoms with Gasteiger partial charge in [-0.05, 0) is 31.0 Å². The maximum Gasteiger partial charge on any atom is 0.275 e. The van der Waals surface area contributed by atoms with Gasteiger partial charge in [-0.1, -0.05) is 36.4 Å². The number of aromatic carboxylic acids is 1. The van der Waals surface area contributed by atoms with E-state index in [9.17, 15) is 19.5 Å². The van der Waals surface area contributed by atoms with E-state index in [0.717, 1.165) is 22.4 Å². The molecule has 0 radical (unpaired) electrons. The zero-order valence-electron chi connectivity index (χ0n) is 14.6. The minimum atomic E-state index is -1.49. The maximum absolute atomic E-state index is 12.9. The fourth-order valence-corrected chi connectivity index (χ4v) is 3.64. The molecule has 0 fully saturated rings. The average Bonchev–Trinajstić information content (AvgIpc) is 2.99. The Morgan fingerprint density at radius 2 is 1.78 bits per heavy atom. The number of nitrogens with zero attached hydrogens (tertiary/aromatic N) is 3. The van der Waals surface area contributed by atoms with E-state index in [1.807, 2.05) is 31.2 Å². The molecule has 7 nitrogen and oxygen atoms in total. The Kier molecular flexibility index (Phi) is 3.99. The summed E-state index contributed by atoms with van der Waals surface area (Å²) in [4.78, 5) is 38.7. The largest absolute Gasteiger partial charge is 0.543 e. The number of carbonyl (C=O) groups excluding carboxylic acids is 2. The van der Waals surface area contributed by atoms with Crippen molar-refractivity contribution < 1.29 is 14.7 Å². The van der Waals surface area contributed by atoms with E-state index in [0.29, 0.717) is 0 Å². The molecule has 1 atom stereocenters. The molecule has 0 aliphatic carbocycles. The molecule has 1 aromatic heterocycles. The van der Waals surface area contributed by atoms with Gasteiger partial charge < -0.3 is 14.8 Å². The average molecular weight is 362 g/mol. The zero-order valence-corrected chi connectivity index (χ0v) is 14.6. The number of carboxylic acid groups (broad SMARTS) is 1. The first kappa shape index (κ1) is 17.0. The standard InChI is InChI=1S/C20H17N3O4/c1-12-10-13-6-2-5-9-16(13)23(12)17(24)11-22-19(25)15-8-4-3-7-14(15)18(21-22)20(26)27/h2-9,12H,10-11H2,1H3,(H,26,27)/p-1/t12-/m1/s1. The van der Waals surface area contributed by atoms with Crippen LogP contribution in [0.25, 0.3) is 10.8 Å². The molecule has 3 aromatic rings. The molecule has 7 heteroatoms. The van der Waals surface area contributed by atoms with Crippen molar-refractivity contribution in [3.8, 4) is 0 Å². The maximum atomic E-state index is 12.9. The first-order valence-corrected chi connectivity index (χ1v) is 8.58. The van der Waals surface area contributed by atoms with Crippen LogP contribution in [0, 0.1) is 0 Å². The summed E-state index contributed by atoms with van der Waals surface area (Å²) >= 11 is 0. The van der Waals surface area contributed by atoms with Crippen LogP contribution in [0.3, 0.4) is 0 Å². The lowest BCUT2D eigenvalue weighted by Crippen LogP contribution is -2.41. The number of benzene rings is 2. The highest BCUT2D eigenvalue weighted by atomic mass is 16.4. The highest BCUT2D eigenvalue weighted by molar-refractivity contribution is 6.00. The normalized spacial score (nSPS) is 15.7. The Hall–Kier alpha value is -3.48. The Morgan fingerprint density at radius 1 is 1.11 bits per heavy atom. The monoisotopic (exact) mass is 362 g/mol. The molecule has 0 saturated heterocycles. The predicted molar refractivity (Wildman–Crippen MR) is 97.4 cm³/mol. The molecule has 2 aromatic carbocycles. The smallest absolute Gasteiger partial charge is 0.275 e. The topological polar surface area (TPSA) is 95.3 Å². The van der Waals surface area contributed by atoms with Crippen LogP contribution in [0.4, 0.5) is 5.69 Å². The molecule has 2 heterocycles. The number of anilines is 1. The van der Waals surface area contributed by atoms with E-state index in [1.165, 1.54) is 12.1 Å². The van der Waals surface area contributed by atoms with Gasteiger partial charge in [-0.25, -0.2) is 4.68 Å². The molecule has 1 aliphatic rings. The summed E-state index contributed by atoms with van der Waals surface area (Å²) in [5.41, 5.74) is 1.01. The Bertz CT molecular complexity index is 1140. The minimum absolute atomic E-state index is 0.0494. The summed E-state index contributed by atoms with van der Waals surface area (Å²) < 4.78 is 0.906. The third-order valence-electron chi connectivity index (χ3n) is 4.82. The lowest BCUT2D eigenvalue weighted by atomic mass is 10.1. The number of rotatable bonds is 3. The molecule has 0 saturated carbocycles. The summed E-state index contributed by atoms with van der Waals surface area (Å²) in [5.74, 6) is -1.81. The quantitative estimate of drug-likeness (QED) is 0.685. The van der Waals surface area contributed by atoms with Gasteiger partial charge in [0.05, 0.1) is 11.4 Å². The van der Waals surface area contributed by atoms with Crippen molar-refractivity contribution in [2.75, 3.05) is 4.90 Å². The van der Waals surface area contributed by atoms with Crippen LogP contribution in [-0.4, -0.2) is 27.7 Å². The first-order valence-electron chi connectivity index (χ1n) is 8.58. The summed E-state index contributed by atoms with van der Waals surface area (Å²) in [6, 6.07) is 13.8. The number of amides is 1. The van der Waals surface area contributed by atoms with E-state index < -0.39 is 11.5 Å². The molecule has 0 unspecified atom stereocenters. The van der Waals surface area contributed by atoms with Crippen molar-refractivity contribution in [2.24, 2.45) is 0 Å². The number of fused-ring (bicyclic) bond motifs is 2. The van der Waals surface area contributed by atoms with Gasteiger partial charge in [0.25, 0.3) is 5.56 Å². The highest BCUT2D eigenvalue weighted by Crippen LogP contribution is 2.31. The van der Waals surface area contributed by atoms with Gasteiger partial charge in [-0.2, -0.15) is 5.10 Å². The van der Waals surface area contributed by atoms with Crippen LogP contribution >= 0.6 is 0 Å². The third-order valence-corrected chi connectivity index (χ3v) is 4.82. The molecule has 27 heavy (non-hydrogen) atoms. The number of hydrogen-bond acceptors (Lipinski definition) is 5. The van der Waals surface area contributed by atoms with Crippen molar-refractivity contribution in [3.05, 3.63) is 70.1 Å². The predicted octanol–water partition coefficient (Wildman–Crippen LogP) is 0.738. The van der Waals surface area contributed by atoms with E-state index in [-0.39, 0.29) is 35.0 Å². The molecule has 0 N–H and O–H groups in total. The lowest BCUT2D eigenvalue weighted by Gasteiger charge is -2.23. The van der Waals surface area contributed by atoms with Crippen LogP contribution in [-0.2, 0) is 17.8 Å². The summed E-state index contributed by atoms with van der Waals surface area (Å²) in [7, 11) is 0. The number of carboxylic acids is 1. The van der Waals surface area contributed by atoms with Crippen molar-refractivity contribution in [1.82, 2.24) is 9.78 Å². The fourth-order valence-electron chi connectivity index (χ4n) is 3.64. The van der Waals surface area contributed by atoms with Crippen LogP contribution in [0.15, 0.2) is 53.3 Å². The fraction of sp³-hybridized carbons (Fsp3) is 0.200. The second-order valence-electron chi connectivity index (χ2n) is 6.59. The van der Waals surface area contributed by atoms with Gasteiger partial charge in [-0.15, -0.1) is 0 Å². The zero-order chi connectivity index (χ0) is 19.1. The molecular weight excluding hydrogens is 346 g/mol.